The third-order valence-electron chi connectivity index (χ3n) is 6.02. The minimum absolute atomic E-state index is 0.0932. The van der Waals surface area contributed by atoms with Gasteiger partial charge in [-0.15, -0.1) is 0 Å². The number of likely N-dealkylation sites (tertiary alicyclic amines) is 1. The van der Waals surface area contributed by atoms with E-state index in [4.69, 9.17) is 4.98 Å². The van der Waals surface area contributed by atoms with E-state index in [1.54, 1.807) is 6.20 Å². The molecule has 1 N–H and O–H groups in total. The molecule has 0 bridgehead atoms. The van der Waals surface area contributed by atoms with Gasteiger partial charge < -0.3 is 5.32 Å². The number of benzene rings is 1. The van der Waals surface area contributed by atoms with Crippen molar-refractivity contribution in [2.24, 2.45) is 0 Å². The second kappa shape index (κ2) is 7.14. The second-order valence-corrected chi connectivity index (χ2v) is 7.87. The minimum Gasteiger partial charge on any atom is -0.323 e. The molecule has 10 heteroatoms. The van der Waals surface area contributed by atoms with Crippen LogP contribution in [0.15, 0.2) is 36.5 Å². The molecular formula is C21H20N8O2. The number of rotatable bonds is 3. The fourth-order valence-corrected chi connectivity index (χ4v) is 4.32. The summed E-state index contributed by atoms with van der Waals surface area (Å²) in [5.41, 5.74) is 1.30. The third-order valence-corrected chi connectivity index (χ3v) is 6.02. The van der Waals surface area contributed by atoms with Gasteiger partial charge in [-0.05, 0) is 25.0 Å². The van der Waals surface area contributed by atoms with Crippen LogP contribution >= 0.6 is 0 Å². The largest absolute Gasteiger partial charge is 0.324 e. The zero-order valence-electron chi connectivity index (χ0n) is 16.9. The van der Waals surface area contributed by atoms with E-state index in [-0.39, 0.29) is 17.8 Å². The first kappa shape index (κ1) is 19.1. The fraction of sp³-hybridized carbons (Fsp3) is 0.333. The Morgan fingerprint density at radius 3 is 2.55 bits per heavy atom. The van der Waals surface area contributed by atoms with E-state index < -0.39 is 5.54 Å². The van der Waals surface area contributed by atoms with Crippen LogP contribution in [-0.4, -0.2) is 66.9 Å². The summed E-state index contributed by atoms with van der Waals surface area (Å²) in [5.74, 6) is 0.712. The molecule has 2 aliphatic rings. The SMILES string of the molecule is CN1C(=O)NC2(CCN(Cc3nc4cnc(C#N)nc4n3-c3ccccc3)CC2)C1=O. The van der Waals surface area contributed by atoms with Crippen molar-refractivity contribution in [1.82, 2.24) is 34.6 Å². The summed E-state index contributed by atoms with van der Waals surface area (Å²) in [6.07, 6.45) is 2.66. The van der Waals surface area contributed by atoms with Gasteiger partial charge in [-0.3, -0.25) is 19.2 Å². The Hall–Kier alpha value is -3.84. The van der Waals surface area contributed by atoms with Gasteiger partial charge >= 0.3 is 6.03 Å². The number of piperidine rings is 1. The number of imide groups is 1. The van der Waals surface area contributed by atoms with Crippen LogP contribution in [0.4, 0.5) is 4.79 Å². The number of carbonyl (C=O) groups is 2. The van der Waals surface area contributed by atoms with Crippen molar-refractivity contribution >= 4 is 23.1 Å². The number of hydrogen-bond acceptors (Lipinski definition) is 7. The summed E-state index contributed by atoms with van der Waals surface area (Å²) < 4.78 is 1.94. The summed E-state index contributed by atoms with van der Waals surface area (Å²) >= 11 is 0. The van der Waals surface area contributed by atoms with Gasteiger partial charge in [-0.25, -0.2) is 14.8 Å². The molecule has 0 atom stereocenters. The minimum atomic E-state index is -0.797. The number of fused-ring (bicyclic) bond motifs is 1. The molecule has 156 valence electrons. The van der Waals surface area contributed by atoms with Gasteiger partial charge in [0.15, 0.2) is 5.65 Å². The first-order valence-corrected chi connectivity index (χ1v) is 10.0. The highest BCUT2D eigenvalue weighted by Crippen LogP contribution is 2.30. The highest BCUT2D eigenvalue weighted by Gasteiger charge is 2.50. The number of para-hydroxylation sites is 1. The van der Waals surface area contributed by atoms with Crippen molar-refractivity contribution in [3.63, 3.8) is 0 Å². The lowest BCUT2D eigenvalue weighted by Crippen LogP contribution is -2.54. The number of aromatic nitrogens is 4. The molecule has 0 aliphatic carbocycles. The Labute approximate surface area is 178 Å². The quantitative estimate of drug-likeness (QED) is 0.637. The first-order chi connectivity index (χ1) is 15.0. The predicted octanol–water partition coefficient (Wildman–Crippen LogP) is 1.20. The van der Waals surface area contributed by atoms with Crippen LogP contribution in [0.5, 0.6) is 0 Å². The number of amides is 3. The van der Waals surface area contributed by atoms with Gasteiger partial charge in [0.2, 0.25) is 5.82 Å². The molecule has 3 amide bonds. The average Bonchev–Trinajstić information content (AvgIpc) is 3.25. The van der Waals surface area contributed by atoms with Gasteiger partial charge in [0.05, 0.1) is 12.7 Å². The van der Waals surface area contributed by atoms with Gasteiger partial charge in [0.25, 0.3) is 5.91 Å². The lowest BCUT2D eigenvalue weighted by molar-refractivity contribution is -0.132. The third kappa shape index (κ3) is 3.10. The molecule has 1 spiro atoms. The number of hydrogen-bond donors (Lipinski definition) is 1. The van der Waals surface area contributed by atoms with Crippen LogP contribution < -0.4 is 5.32 Å². The van der Waals surface area contributed by atoms with E-state index in [9.17, 15) is 14.9 Å². The van der Waals surface area contributed by atoms with Crippen molar-refractivity contribution in [2.75, 3.05) is 20.1 Å². The van der Waals surface area contributed by atoms with Gasteiger partial charge in [0, 0.05) is 25.8 Å². The molecular weight excluding hydrogens is 396 g/mol. The Balaban J connectivity index is 1.45. The summed E-state index contributed by atoms with van der Waals surface area (Å²) in [6, 6.07) is 11.4. The normalized spacial score (nSPS) is 18.5. The van der Waals surface area contributed by atoms with Crippen molar-refractivity contribution in [2.45, 2.75) is 24.9 Å². The maximum Gasteiger partial charge on any atom is 0.324 e. The second-order valence-electron chi connectivity index (χ2n) is 7.87. The Morgan fingerprint density at radius 1 is 1.16 bits per heavy atom. The van der Waals surface area contributed by atoms with Crippen LogP contribution in [0, 0.1) is 11.3 Å². The van der Waals surface area contributed by atoms with Gasteiger partial charge in [0.1, 0.15) is 22.9 Å². The van der Waals surface area contributed by atoms with Crippen molar-refractivity contribution in [3.05, 3.63) is 48.2 Å². The molecule has 2 aliphatic heterocycles. The number of carbonyl (C=O) groups excluding carboxylic acids is 2. The average molecular weight is 416 g/mol. The standard InChI is InChI=1S/C21H20N8O2/c1-27-19(30)21(26-20(27)31)7-9-28(10-8-21)13-17-24-15-12-23-16(11-22)25-18(15)29(17)14-5-3-2-4-6-14/h2-6,12H,7-10,13H2,1H3,(H,26,31). The fourth-order valence-electron chi connectivity index (χ4n) is 4.32. The van der Waals surface area contributed by atoms with Crippen LogP contribution in [0.3, 0.4) is 0 Å². The molecule has 0 unspecified atom stereocenters. The van der Waals surface area contributed by atoms with Crippen LogP contribution in [0.2, 0.25) is 0 Å². The molecule has 1 aromatic carbocycles. The lowest BCUT2D eigenvalue weighted by Gasteiger charge is -2.37. The molecule has 10 nitrogen and oxygen atoms in total. The van der Waals surface area contributed by atoms with Crippen molar-refractivity contribution < 1.29 is 9.59 Å². The predicted molar refractivity (Wildman–Crippen MR) is 110 cm³/mol. The number of nitrogens with zero attached hydrogens (tertiary/aromatic N) is 7. The lowest BCUT2D eigenvalue weighted by atomic mass is 9.87. The molecule has 2 fully saturated rings. The highest BCUT2D eigenvalue weighted by atomic mass is 16.2. The molecule has 2 saturated heterocycles. The number of nitriles is 1. The van der Waals surface area contributed by atoms with Crippen molar-refractivity contribution in [3.8, 4) is 11.8 Å². The van der Waals surface area contributed by atoms with Crippen LogP contribution in [0.1, 0.15) is 24.5 Å². The number of likely N-dealkylation sites (N-methyl/N-ethyl adjacent to an activating group) is 1. The smallest absolute Gasteiger partial charge is 0.323 e. The van der Waals surface area contributed by atoms with Gasteiger partial charge in [-0.2, -0.15) is 10.2 Å². The highest BCUT2D eigenvalue weighted by molar-refractivity contribution is 6.06. The van der Waals surface area contributed by atoms with Gasteiger partial charge in [-0.1, -0.05) is 18.2 Å². The molecule has 31 heavy (non-hydrogen) atoms. The van der Waals surface area contributed by atoms with Crippen molar-refractivity contribution in [1.29, 1.82) is 5.26 Å². The molecule has 3 aromatic rings. The Morgan fingerprint density at radius 2 is 1.90 bits per heavy atom. The van der Waals surface area contributed by atoms with E-state index in [0.29, 0.717) is 43.6 Å². The van der Waals surface area contributed by atoms with E-state index in [1.807, 2.05) is 41.0 Å². The molecule has 0 saturated carbocycles. The maximum absolute atomic E-state index is 12.5. The molecule has 4 heterocycles. The van der Waals surface area contributed by atoms with E-state index in [2.05, 4.69) is 20.2 Å². The number of imidazole rings is 1. The zero-order chi connectivity index (χ0) is 21.6. The monoisotopic (exact) mass is 416 g/mol. The number of urea groups is 1. The van der Waals surface area contributed by atoms with E-state index >= 15 is 0 Å². The van der Waals surface area contributed by atoms with E-state index in [0.717, 1.165) is 16.4 Å². The summed E-state index contributed by atoms with van der Waals surface area (Å²) in [6.45, 7) is 1.83. The van der Waals surface area contributed by atoms with E-state index in [1.165, 1.54) is 7.05 Å². The van der Waals surface area contributed by atoms with Crippen LogP contribution in [0.25, 0.3) is 16.9 Å². The summed E-state index contributed by atoms with van der Waals surface area (Å²) in [5, 5.41) is 12.1. The maximum atomic E-state index is 12.5. The number of nitrogens with one attached hydrogen (secondary N) is 1. The van der Waals surface area contributed by atoms with Crippen LogP contribution in [-0.2, 0) is 11.3 Å². The molecule has 2 aromatic heterocycles. The summed E-state index contributed by atoms with van der Waals surface area (Å²) in [7, 11) is 1.51. The Kier molecular flexibility index (Phi) is 4.41. The molecule has 5 rings (SSSR count). The Bertz CT molecular complexity index is 1220. The zero-order valence-corrected chi connectivity index (χ0v) is 16.9. The summed E-state index contributed by atoms with van der Waals surface area (Å²) in [4.78, 5) is 41.0. The molecule has 0 radical (unpaired) electrons. The topological polar surface area (TPSA) is 120 Å². The first-order valence-electron chi connectivity index (χ1n) is 10.0.